The average molecular weight is 736 g/mol. The van der Waals surface area contributed by atoms with E-state index in [1.54, 1.807) is 0 Å². The second kappa shape index (κ2) is 13.1. The Kier molecular flexibility index (Phi) is 7.61. The van der Waals surface area contributed by atoms with E-state index >= 15 is 0 Å². The molecule has 0 amide bonds. The molecule has 0 unspecified atom stereocenters. The van der Waals surface area contributed by atoms with Gasteiger partial charge in [-0.15, -0.1) is 22.7 Å². The molecule has 0 N–H and O–H groups in total. The van der Waals surface area contributed by atoms with Gasteiger partial charge in [0, 0.05) is 47.0 Å². The molecule has 0 bridgehead atoms. The van der Waals surface area contributed by atoms with E-state index in [-0.39, 0.29) is 0 Å². The molecule has 0 saturated heterocycles. The van der Waals surface area contributed by atoms with E-state index in [0.717, 1.165) is 11.4 Å². The normalized spacial score (nSPS) is 11.6. The van der Waals surface area contributed by atoms with Crippen molar-refractivity contribution in [3.8, 4) is 33.4 Å². The monoisotopic (exact) mass is 735 g/mol. The van der Waals surface area contributed by atoms with Crippen LogP contribution in [0.15, 0.2) is 200 Å². The number of hydrogen-bond acceptors (Lipinski definition) is 3. The molecule has 3 heteroatoms. The minimum absolute atomic E-state index is 1.12. The zero-order valence-corrected chi connectivity index (χ0v) is 31.4. The van der Waals surface area contributed by atoms with E-state index in [1.807, 2.05) is 22.7 Å². The molecular weight excluding hydrogens is 703 g/mol. The molecule has 0 radical (unpaired) electrons. The fourth-order valence-corrected chi connectivity index (χ4v) is 10.5. The van der Waals surface area contributed by atoms with Crippen LogP contribution in [0.25, 0.3) is 84.5 Å². The Hall–Kier alpha value is -6.52. The van der Waals surface area contributed by atoms with Crippen molar-refractivity contribution < 1.29 is 0 Å². The van der Waals surface area contributed by atoms with Gasteiger partial charge >= 0.3 is 0 Å². The Labute approximate surface area is 327 Å². The number of nitrogens with zero attached hydrogens (tertiary/aromatic N) is 1. The van der Waals surface area contributed by atoms with Crippen molar-refractivity contribution in [1.29, 1.82) is 0 Å². The molecule has 11 aromatic rings. The second-order valence-electron chi connectivity index (χ2n) is 14.1. The van der Waals surface area contributed by atoms with Gasteiger partial charge in [-0.25, -0.2) is 0 Å². The van der Waals surface area contributed by atoms with E-state index in [1.165, 1.54) is 90.2 Å². The van der Waals surface area contributed by atoms with Gasteiger partial charge < -0.3 is 4.90 Å². The van der Waals surface area contributed by atoms with Gasteiger partial charge in [-0.3, -0.25) is 0 Å². The van der Waals surface area contributed by atoms with E-state index in [0.29, 0.717) is 0 Å². The highest BCUT2D eigenvalue weighted by Crippen LogP contribution is 2.49. The van der Waals surface area contributed by atoms with E-state index in [9.17, 15) is 0 Å². The first-order valence-electron chi connectivity index (χ1n) is 18.7. The van der Waals surface area contributed by atoms with Gasteiger partial charge in [-0.1, -0.05) is 140 Å². The standard InChI is InChI=1S/C52H33NS2/c1-3-11-34(12-4-1)37-19-20-39-32-42(27-23-38(39)31-37)53(41-25-21-35(22-26-41)40-24-30-50-46(33-40)44-15-7-9-17-48(44)54-50)47-29-28-43(36-13-5-2-6-14-36)51-45-16-8-10-18-49(45)55-52(47)51/h1-33H. The van der Waals surface area contributed by atoms with Crippen LogP contribution in [0.4, 0.5) is 17.1 Å². The lowest BCUT2D eigenvalue weighted by Gasteiger charge is -2.27. The summed E-state index contributed by atoms with van der Waals surface area (Å²) in [6.07, 6.45) is 0. The topological polar surface area (TPSA) is 3.24 Å². The molecule has 9 aromatic carbocycles. The Morgan fingerprint density at radius 3 is 1.69 bits per heavy atom. The molecular formula is C52H33NS2. The fraction of sp³-hybridized carbons (Fsp3) is 0. The summed E-state index contributed by atoms with van der Waals surface area (Å²) in [6.45, 7) is 0. The van der Waals surface area contributed by atoms with Crippen molar-refractivity contribution in [3.05, 3.63) is 200 Å². The van der Waals surface area contributed by atoms with Gasteiger partial charge in [0.05, 0.1) is 10.4 Å². The van der Waals surface area contributed by atoms with Crippen LogP contribution < -0.4 is 4.90 Å². The summed E-state index contributed by atoms with van der Waals surface area (Å²) in [7, 11) is 0. The third-order valence-electron chi connectivity index (χ3n) is 10.9. The fourth-order valence-electron chi connectivity index (χ4n) is 8.17. The Balaban J connectivity index is 1.09. The lowest BCUT2D eigenvalue weighted by molar-refractivity contribution is 1.31. The van der Waals surface area contributed by atoms with Crippen molar-refractivity contribution in [2.24, 2.45) is 0 Å². The Morgan fingerprint density at radius 2 is 0.891 bits per heavy atom. The van der Waals surface area contributed by atoms with Crippen molar-refractivity contribution in [2.75, 3.05) is 4.90 Å². The second-order valence-corrected chi connectivity index (χ2v) is 16.2. The highest BCUT2D eigenvalue weighted by Gasteiger charge is 2.21. The zero-order valence-electron chi connectivity index (χ0n) is 29.8. The molecule has 0 spiro atoms. The van der Waals surface area contributed by atoms with Crippen LogP contribution in [-0.2, 0) is 0 Å². The smallest absolute Gasteiger partial charge is 0.0640 e. The van der Waals surface area contributed by atoms with Crippen LogP contribution in [0, 0.1) is 0 Å². The number of benzene rings is 9. The molecule has 2 heterocycles. The van der Waals surface area contributed by atoms with Crippen LogP contribution >= 0.6 is 22.7 Å². The third kappa shape index (κ3) is 5.51. The van der Waals surface area contributed by atoms with Crippen molar-refractivity contribution in [1.82, 2.24) is 0 Å². The maximum absolute atomic E-state index is 2.45. The summed E-state index contributed by atoms with van der Waals surface area (Å²) in [4.78, 5) is 2.45. The molecule has 0 fully saturated rings. The summed E-state index contributed by atoms with van der Waals surface area (Å²) in [5.41, 5.74) is 10.8. The Bertz CT molecular complexity index is 3190. The SMILES string of the molecule is c1ccc(-c2ccc3cc(N(c4ccc(-c5ccc6sc7ccccc7c6c5)cc4)c4ccc(-c5ccccc5)c5c4sc4ccccc45)ccc3c2)cc1. The first kappa shape index (κ1) is 32.0. The Morgan fingerprint density at radius 1 is 0.327 bits per heavy atom. The van der Waals surface area contributed by atoms with Crippen molar-refractivity contribution >= 4 is 90.9 Å². The van der Waals surface area contributed by atoms with Gasteiger partial charge in [0.15, 0.2) is 0 Å². The molecule has 1 nitrogen and oxygen atoms in total. The molecule has 0 atom stereocenters. The quantitative estimate of drug-likeness (QED) is 0.164. The summed E-state index contributed by atoms with van der Waals surface area (Å²) in [6, 6.07) is 73.4. The average Bonchev–Trinajstić information content (AvgIpc) is 3.83. The molecule has 0 aliphatic carbocycles. The van der Waals surface area contributed by atoms with Crippen LogP contribution in [0.5, 0.6) is 0 Å². The van der Waals surface area contributed by atoms with Gasteiger partial charge in [-0.05, 0) is 105 Å². The first-order chi connectivity index (χ1) is 27.2. The summed E-state index contributed by atoms with van der Waals surface area (Å²) in [5.74, 6) is 0. The third-order valence-corrected chi connectivity index (χ3v) is 13.2. The minimum Gasteiger partial charge on any atom is -0.309 e. The summed E-state index contributed by atoms with van der Waals surface area (Å²) in [5, 5.41) is 7.68. The predicted octanol–water partition coefficient (Wildman–Crippen LogP) is 16.0. The molecule has 258 valence electrons. The number of thiophene rings is 2. The highest BCUT2D eigenvalue weighted by atomic mass is 32.1. The molecule has 0 aliphatic rings. The maximum Gasteiger partial charge on any atom is 0.0640 e. The zero-order chi connectivity index (χ0) is 36.3. The van der Waals surface area contributed by atoms with E-state index < -0.39 is 0 Å². The number of hydrogen-bond donors (Lipinski definition) is 0. The van der Waals surface area contributed by atoms with E-state index in [2.05, 4.69) is 205 Å². The molecule has 0 saturated carbocycles. The van der Waals surface area contributed by atoms with Gasteiger partial charge in [0.2, 0.25) is 0 Å². The summed E-state index contributed by atoms with van der Waals surface area (Å²) < 4.78 is 5.23. The minimum atomic E-state index is 1.12. The predicted molar refractivity (Wildman–Crippen MR) is 241 cm³/mol. The maximum atomic E-state index is 2.45. The van der Waals surface area contributed by atoms with Crippen LogP contribution in [0.2, 0.25) is 0 Å². The van der Waals surface area contributed by atoms with Gasteiger partial charge in [0.1, 0.15) is 0 Å². The lowest BCUT2D eigenvalue weighted by Crippen LogP contribution is -2.10. The number of rotatable bonds is 6. The van der Waals surface area contributed by atoms with Gasteiger partial charge in [0.25, 0.3) is 0 Å². The molecule has 11 rings (SSSR count). The number of anilines is 3. The van der Waals surface area contributed by atoms with Gasteiger partial charge in [-0.2, -0.15) is 0 Å². The van der Waals surface area contributed by atoms with Crippen LogP contribution in [-0.4, -0.2) is 0 Å². The molecule has 55 heavy (non-hydrogen) atoms. The van der Waals surface area contributed by atoms with Crippen molar-refractivity contribution in [3.63, 3.8) is 0 Å². The molecule has 2 aromatic heterocycles. The lowest BCUT2D eigenvalue weighted by atomic mass is 9.97. The van der Waals surface area contributed by atoms with Crippen LogP contribution in [0.3, 0.4) is 0 Å². The highest BCUT2D eigenvalue weighted by molar-refractivity contribution is 7.26. The van der Waals surface area contributed by atoms with E-state index in [4.69, 9.17) is 0 Å². The largest absolute Gasteiger partial charge is 0.309 e. The molecule has 0 aliphatic heterocycles. The van der Waals surface area contributed by atoms with Crippen LogP contribution in [0.1, 0.15) is 0 Å². The first-order valence-corrected chi connectivity index (χ1v) is 20.3. The van der Waals surface area contributed by atoms with Crippen molar-refractivity contribution in [2.45, 2.75) is 0 Å². The number of fused-ring (bicyclic) bond motifs is 7. The summed E-state index contributed by atoms with van der Waals surface area (Å²) >= 11 is 3.74.